The minimum absolute atomic E-state index is 0.152. The lowest BCUT2D eigenvalue weighted by Crippen LogP contribution is -2.53. The molecular formula is C50H61N11O4. The number of para-hydroxylation sites is 1. The first kappa shape index (κ1) is 46.1. The van der Waals surface area contributed by atoms with E-state index in [1.54, 1.807) is 46.7 Å². The van der Waals surface area contributed by atoms with Crippen molar-refractivity contribution in [2.75, 3.05) is 39.3 Å². The molecule has 4 amide bonds. The molecule has 0 aliphatic carbocycles. The van der Waals surface area contributed by atoms with Crippen molar-refractivity contribution in [3.63, 3.8) is 0 Å². The van der Waals surface area contributed by atoms with Gasteiger partial charge in [0.25, 0.3) is 0 Å². The number of hydrogen-bond donors (Lipinski definition) is 4. The van der Waals surface area contributed by atoms with Gasteiger partial charge in [-0.3, -0.25) is 19.2 Å². The Morgan fingerprint density at radius 1 is 0.569 bits per heavy atom. The molecule has 5 aromatic rings. The van der Waals surface area contributed by atoms with Crippen LogP contribution in [-0.2, 0) is 32.3 Å². The van der Waals surface area contributed by atoms with Crippen LogP contribution in [0.5, 0.6) is 0 Å². The zero-order valence-corrected chi connectivity index (χ0v) is 38.2. The second-order valence-electron chi connectivity index (χ2n) is 19.0. The van der Waals surface area contributed by atoms with Gasteiger partial charge >= 0.3 is 0 Å². The van der Waals surface area contributed by atoms with E-state index in [0.717, 1.165) is 29.7 Å². The van der Waals surface area contributed by atoms with Gasteiger partial charge in [-0.05, 0) is 96.2 Å². The standard InChI is InChI=1S/C50H61N11O4/c1-49(2,3)41(57-47-51-26-12-27-52-47)45(64)60-30-10-16-39(60)43(62)55-36-22-18-34(19-23-36)32-59(38-14-8-7-9-15-38)33-35-20-24-37(25-21-35)56-44(63)40-17-11-31-61(40)46(65)42(50(4,5)6)58-48-53-28-13-29-54-48/h7-9,12-15,18-29,39-42H,10-11,16-17,30-33H2,1-6H3,(H,55,62)(H,56,63)(H,51,52,57)(H,53,54,58)/t39-,40?,41?,42+/m0/s1. The molecule has 340 valence electrons. The number of amides is 4. The van der Waals surface area contributed by atoms with E-state index in [4.69, 9.17) is 0 Å². The number of nitrogens with one attached hydrogen (secondary N) is 4. The third-order valence-corrected chi connectivity index (χ3v) is 11.9. The molecule has 15 heteroatoms. The number of aromatic nitrogens is 4. The Bertz CT molecular complexity index is 2220. The van der Waals surface area contributed by atoms with E-state index in [0.29, 0.717) is 62.3 Å². The zero-order valence-electron chi connectivity index (χ0n) is 38.2. The molecule has 2 saturated heterocycles. The predicted octanol–water partition coefficient (Wildman–Crippen LogP) is 7.39. The summed E-state index contributed by atoms with van der Waals surface area (Å²) in [6.07, 6.45) is 9.13. The summed E-state index contributed by atoms with van der Waals surface area (Å²) in [6.45, 7) is 14.1. The lowest BCUT2D eigenvalue weighted by Gasteiger charge is -2.35. The van der Waals surface area contributed by atoms with Crippen LogP contribution in [0.1, 0.15) is 78.4 Å². The molecule has 65 heavy (non-hydrogen) atoms. The molecule has 2 aliphatic rings. The SMILES string of the molecule is CC(C)(C)C(Nc1ncccn1)C(=O)N1CCC[C@H]1C(=O)Nc1ccc(CN(Cc2ccc(NC(=O)C3CCCN3C(=O)[C@@H](Nc3ncccn3)C(C)(C)C)cc2)c2ccccc2)cc1. The fraction of sp³-hybridized carbons (Fsp3) is 0.400. The molecule has 15 nitrogen and oxygen atoms in total. The van der Waals surface area contributed by atoms with Crippen molar-refractivity contribution < 1.29 is 19.2 Å². The van der Waals surface area contributed by atoms with E-state index in [-0.39, 0.29) is 23.6 Å². The third kappa shape index (κ3) is 11.8. The summed E-state index contributed by atoms with van der Waals surface area (Å²) < 4.78 is 0. The molecule has 2 aliphatic heterocycles. The van der Waals surface area contributed by atoms with E-state index in [1.165, 1.54) is 0 Å². The van der Waals surface area contributed by atoms with Crippen LogP contribution >= 0.6 is 0 Å². The molecule has 0 bridgehead atoms. The van der Waals surface area contributed by atoms with E-state index in [2.05, 4.69) is 58.2 Å². The van der Waals surface area contributed by atoms with Gasteiger partial charge in [0, 0.05) is 68.0 Å². The molecule has 4 N–H and O–H groups in total. The average Bonchev–Trinajstić information content (AvgIpc) is 4.00. The van der Waals surface area contributed by atoms with Gasteiger partial charge in [-0.15, -0.1) is 0 Å². The highest BCUT2D eigenvalue weighted by molar-refractivity contribution is 5.99. The Morgan fingerprint density at radius 2 is 0.954 bits per heavy atom. The van der Waals surface area contributed by atoms with Crippen LogP contribution in [-0.4, -0.2) is 90.6 Å². The van der Waals surface area contributed by atoms with E-state index < -0.39 is 35.0 Å². The Balaban J connectivity index is 0.965. The summed E-state index contributed by atoms with van der Waals surface area (Å²) in [5.41, 5.74) is 3.54. The molecule has 2 aromatic heterocycles. The fourth-order valence-electron chi connectivity index (χ4n) is 8.40. The monoisotopic (exact) mass is 879 g/mol. The Labute approximate surface area is 381 Å². The van der Waals surface area contributed by atoms with Crippen molar-refractivity contribution in [3.05, 3.63) is 127 Å². The van der Waals surface area contributed by atoms with Gasteiger partial charge in [0.2, 0.25) is 35.5 Å². The quantitative estimate of drug-likeness (QED) is 0.0825. The summed E-state index contributed by atoms with van der Waals surface area (Å²) in [5, 5.41) is 12.5. The van der Waals surface area contributed by atoms with Crippen molar-refractivity contribution >= 4 is 52.6 Å². The Morgan fingerprint density at radius 3 is 1.32 bits per heavy atom. The molecule has 2 fully saturated rings. The number of anilines is 5. The maximum absolute atomic E-state index is 14.0. The fourth-order valence-corrected chi connectivity index (χ4v) is 8.40. The van der Waals surface area contributed by atoms with Crippen LogP contribution in [0.2, 0.25) is 0 Å². The molecule has 4 atom stereocenters. The molecule has 7 rings (SSSR count). The maximum Gasteiger partial charge on any atom is 0.247 e. The second kappa shape index (κ2) is 20.3. The van der Waals surface area contributed by atoms with Crippen molar-refractivity contribution in [2.24, 2.45) is 10.8 Å². The van der Waals surface area contributed by atoms with Gasteiger partial charge in [0.15, 0.2) is 0 Å². The highest BCUT2D eigenvalue weighted by atomic mass is 16.2. The largest absolute Gasteiger partial charge is 0.363 e. The Kier molecular flexibility index (Phi) is 14.4. The smallest absolute Gasteiger partial charge is 0.247 e. The van der Waals surface area contributed by atoms with Gasteiger partial charge in [-0.2, -0.15) is 0 Å². The van der Waals surface area contributed by atoms with Gasteiger partial charge in [0.1, 0.15) is 24.2 Å². The van der Waals surface area contributed by atoms with E-state index in [1.807, 2.05) is 108 Å². The molecule has 3 aromatic carbocycles. The van der Waals surface area contributed by atoms with Gasteiger partial charge in [0.05, 0.1) is 0 Å². The topological polar surface area (TPSA) is 178 Å². The summed E-state index contributed by atoms with van der Waals surface area (Å²) in [4.78, 5) is 78.1. The van der Waals surface area contributed by atoms with E-state index >= 15 is 0 Å². The highest BCUT2D eigenvalue weighted by Gasteiger charge is 2.43. The molecule has 0 spiro atoms. The summed E-state index contributed by atoms with van der Waals surface area (Å²) >= 11 is 0. The van der Waals surface area contributed by atoms with Crippen LogP contribution in [0, 0.1) is 10.8 Å². The van der Waals surface area contributed by atoms with Crippen LogP contribution in [0.3, 0.4) is 0 Å². The van der Waals surface area contributed by atoms with Gasteiger partial charge < -0.3 is 36.0 Å². The summed E-state index contributed by atoms with van der Waals surface area (Å²) in [6, 6.07) is 26.8. The number of hydrogen-bond acceptors (Lipinski definition) is 11. The van der Waals surface area contributed by atoms with Gasteiger partial charge in [-0.1, -0.05) is 84.0 Å². The molecule has 0 radical (unpaired) electrons. The van der Waals surface area contributed by atoms with E-state index in [9.17, 15) is 19.2 Å². The number of benzene rings is 3. The predicted molar refractivity (Wildman–Crippen MR) is 254 cm³/mol. The van der Waals surface area contributed by atoms with Gasteiger partial charge in [-0.25, -0.2) is 19.9 Å². The number of rotatable bonds is 15. The summed E-state index contributed by atoms with van der Waals surface area (Å²) in [7, 11) is 0. The minimum Gasteiger partial charge on any atom is -0.363 e. The average molecular weight is 880 g/mol. The minimum atomic E-state index is -0.622. The van der Waals surface area contributed by atoms with Crippen LogP contribution < -0.4 is 26.2 Å². The van der Waals surface area contributed by atoms with Crippen LogP contribution in [0.25, 0.3) is 0 Å². The molecule has 4 heterocycles. The number of carbonyl (C=O) groups is 4. The molecule has 2 unspecified atom stereocenters. The second-order valence-corrected chi connectivity index (χ2v) is 19.0. The Hall–Kier alpha value is -6.90. The van der Waals surface area contributed by atoms with Crippen molar-refractivity contribution in [3.8, 4) is 0 Å². The molecule has 0 saturated carbocycles. The molecular weight excluding hydrogens is 819 g/mol. The summed E-state index contributed by atoms with van der Waals surface area (Å²) in [5.74, 6) is 0.00280. The van der Waals surface area contributed by atoms with Crippen LogP contribution in [0.4, 0.5) is 29.0 Å². The number of likely N-dealkylation sites (tertiary alicyclic amines) is 2. The first-order valence-corrected chi connectivity index (χ1v) is 22.4. The first-order valence-electron chi connectivity index (χ1n) is 22.4. The van der Waals surface area contributed by atoms with Crippen molar-refractivity contribution in [1.82, 2.24) is 29.7 Å². The van der Waals surface area contributed by atoms with Crippen molar-refractivity contribution in [2.45, 2.75) is 104 Å². The lowest BCUT2D eigenvalue weighted by molar-refractivity contribution is -0.139. The van der Waals surface area contributed by atoms with Crippen LogP contribution in [0.15, 0.2) is 116 Å². The normalized spacial score (nSPS) is 17.2. The third-order valence-electron chi connectivity index (χ3n) is 11.9. The lowest BCUT2D eigenvalue weighted by atomic mass is 9.85. The van der Waals surface area contributed by atoms with Crippen molar-refractivity contribution in [1.29, 1.82) is 0 Å². The highest BCUT2D eigenvalue weighted by Crippen LogP contribution is 2.30. The number of carbonyl (C=O) groups excluding carboxylic acids is 4. The maximum atomic E-state index is 14.0. The number of nitrogens with zero attached hydrogens (tertiary/aromatic N) is 7. The zero-order chi connectivity index (χ0) is 46.1. The first-order chi connectivity index (χ1) is 31.1.